The Morgan fingerprint density at radius 1 is 1.13 bits per heavy atom. The van der Waals surface area contributed by atoms with E-state index in [2.05, 4.69) is 0 Å². The Bertz CT molecular complexity index is 775. The molecule has 3 rings (SSSR count). The van der Waals surface area contributed by atoms with Crippen LogP contribution in [0.25, 0.3) is 0 Å². The van der Waals surface area contributed by atoms with Gasteiger partial charge in [0, 0.05) is 7.05 Å². The molecule has 0 N–H and O–H groups in total. The van der Waals surface area contributed by atoms with Gasteiger partial charge in [-0.2, -0.15) is 0 Å². The molecule has 1 aliphatic rings. The molecule has 1 aliphatic heterocycles. The van der Waals surface area contributed by atoms with Crippen molar-refractivity contribution < 1.29 is 19.1 Å². The number of likely N-dealkylation sites (N-methyl/N-ethyl adjacent to an activating group) is 1. The number of ether oxygens (including phenoxy) is 2. The lowest BCUT2D eigenvalue weighted by atomic mass is 10.2. The van der Waals surface area contributed by atoms with Gasteiger partial charge in [0.2, 0.25) is 0 Å². The van der Waals surface area contributed by atoms with Crippen molar-refractivity contribution in [2.75, 3.05) is 18.6 Å². The van der Waals surface area contributed by atoms with Crippen LogP contribution >= 0.6 is 11.8 Å². The first kappa shape index (κ1) is 15.4. The van der Waals surface area contributed by atoms with Crippen molar-refractivity contribution in [2.45, 2.75) is 16.7 Å². The predicted molar refractivity (Wildman–Crippen MR) is 87.1 cm³/mol. The molecule has 0 saturated carbocycles. The van der Waals surface area contributed by atoms with Crippen LogP contribution in [0.5, 0.6) is 11.5 Å². The number of nitrogens with zero attached hydrogens (tertiary/aromatic N) is 1. The fraction of sp³-hybridized carbons (Fsp3) is 0.176. The van der Waals surface area contributed by atoms with Gasteiger partial charge >= 0.3 is 11.9 Å². The zero-order valence-electron chi connectivity index (χ0n) is 12.7. The number of para-hydroxylation sites is 1. The van der Waals surface area contributed by atoms with E-state index in [0.29, 0.717) is 11.4 Å². The second-order valence-corrected chi connectivity index (χ2v) is 5.89. The molecule has 0 unspecified atom stereocenters. The van der Waals surface area contributed by atoms with Crippen molar-refractivity contribution in [2.24, 2.45) is 0 Å². The highest BCUT2D eigenvalue weighted by molar-refractivity contribution is 7.99. The second kappa shape index (κ2) is 6.34. The number of carbonyl (C=O) groups excluding carboxylic acids is 2. The highest BCUT2D eigenvalue weighted by atomic mass is 32.2. The van der Waals surface area contributed by atoms with Gasteiger partial charge < -0.3 is 14.4 Å². The van der Waals surface area contributed by atoms with Crippen LogP contribution < -0.4 is 9.64 Å². The number of amides is 1. The summed E-state index contributed by atoms with van der Waals surface area (Å²) in [4.78, 5) is 26.9. The van der Waals surface area contributed by atoms with Crippen molar-refractivity contribution in [3.05, 3.63) is 42.5 Å². The third-order valence-corrected chi connectivity index (χ3v) is 4.53. The number of hydrogen-bond donors (Lipinski definition) is 0. The maximum atomic E-state index is 12.2. The lowest BCUT2D eigenvalue weighted by Gasteiger charge is -2.25. The second-order valence-electron chi connectivity index (χ2n) is 4.84. The minimum atomic E-state index is -0.866. The molecule has 0 saturated heterocycles. The molecular formula is C17H15NO4S. The summed E-state index contributed by atoms with van der Waals surface area (Å²) < 4.78 is 10.7. The number of rotatable bonds is 2. The Morgan fingerprint density at radius 2 is 1.87 bits per heavy atom. The third kappa shape index (κ3) is 2.90. The van der Waals surface area contributed by atoms with Gasteiger partial charge in [0.25, 0.3) is 0 Å². The maximum Gasteiger partial charge on any atom is 0.397 e. The average molecular weight is 329 g/mol. The van der Waals surface area contributed by atoms with Crippen LogP contribution in [0, 0.1) is 0 Å². The topological polar surface area (TPSA) is 55.8 Å². The highest BCUT2D eigenvalue weighted by Gasteiger charge is 2.27. The van der Waals surface area contributed by atoms with E-state index in [-0.39, 0.29) is 6.61 Å². The summed E-state index contributed by atoms with van der Waals surface area (Å²) in [5.74, 6) is -0.134. The summed E-state index contributed by atoms with van der Waals surface area (Å²) in [7, 11) is 1.55. The van der Waals surface area contributed by atoms with E-state index in [1.807, 2.05) is 30.3 Å². The zero-order chi connectivity index (χ0) is 16.4. The van der Waals surface area contributed by atoms with Crippen molar-refractivity contribution in [3.63, 3.8) is 0 Å². The first-order valence-corrected chi connectivity index (χ1v) is 7.96. The molecule has 23 heavy (non-hydrogen) atoms. The minimum Gasteiger partial charge on any atom is -0.459 e. The van der Waals surface area contributed by atoms with Crippen molar-refractivity contribution >= 4 is 29.3 Å². The fourth-order valence-corrected chi connectivity index (χ4v) is 3.33. The van der Waals surface area contributed by atoms with E-state index in [0.717, 1.165) is 15.5 Å². The average Bonchev–Trinajstić information content (AvgIpc) is 2.58. The fourth-order valence-electron chi connectivity index (χ4n) is 2.24. The SMILES string of the molecule is CCOC(=O)C(=O)N(C)c1cccc2c1Sc1ccccc1O2. The number of fused-ring (bicyclic) bond motifs is 2. The van der Waals surface area contributed by atoms with Crippen LogP contribution in [-0.4, -0.2) is 25.5 Å². The normalized spacial score (nSPS) is 11.7. The van der Waals surface area contributed by atoms with Crippen LogP contribution in [0.15, 0.2) is 52.3 Å². The Kier molecular flexibility index (Phi) is 4.25. The molecule has 0 aromatic heterocycles. The molecule has 0 spiro atoms. The minimum absolute atomic E-state index is 0.163. The standard InChI is InChI=1S/C17H15NO4S/c1-3-21-17(20)16(19)18(2)11-7-6-9-13-15(11)23-14-10-5-4-8-12(14)22-13/h4-10H,3H2,1-2H3. The van der Waals surface area contributed by atoms with E-state index in [4.69, 9.17) is 9.47 Å². The van der Waals surface area contributed by atoms with E-state index in [1.165, 1.54) is 16.7 Å². The molecule has 0 fully saturated rings. The van der Waals surface area contributed by atoms with Crippen LogP contribution in [0.2, 0.25) is 0 Å². The van der Waals surface area contributed by atoms with E-state index in [9.17, 15) is 9.59 Å². The van der Waals surface area contributed by atoms with Crippen LogP contribution in [-0.2, 0) is 14.3 Å². The third-order valence-electron chi connectivity index (χ3n) is 3.36. The van der Waals surface area contributed by atoms with Gasteiger partial charge in [-0.3, -0.25) is 4.79 Å². The highest BCUT2D eigenvalue weighted by Crippen LogP contribution is 2.50. The van der Waals surface area contributed by atoms with Gasteiger partial charge in [-0.15, -0.1) is 0 Å². The molecule has 5 nitrogen and oxygen atoms in total. The molecule has 6 heteroatoms. The molecule has 0 radical (unpaired) electrons. The summed E-state index contributed by atoms with van der Waals surface area (Å²) >= 11 is 1.51. The molecule has 2 aromatic rings. The van der Waals surface area contributed by atoms with Gasteiger partial charge in [0.15, 0.2) is 0 Å². The quantitative estimate of drug-likeness (QED) is 0.532. The summed E-state index contributed by atoms with van der Waals surface area (Å²) in [6.07, 6.45) is 0. The van der Waals surface area contributed by atoms with E-state index < -0.39 is 11.9 Å². The zero-order valence-corrected chi connectivity index (χ0v) is 13.6. The first-order chi connectivity index (χ1) is 11.1. The van der Waals surface area contributed by atoms with Gasteiger partial charge in [-0.25, -0.2) is 4.79 Å². The summed E-state index contributed by atoms with van der Waals surface area (Å²) in [6, 6.07) is 13.1. The van der Waals surface area contributed by atoms with Crippen LogP contribution in [0.1, 0.15) is 6.92 Å². The first-order valence-electron chi connectivity index (χ1n) is 7.14. The van der Waals surface area contributed by atoms with E-state index in [1.54, 1.807) is 26.1 Å². The summed E-state index contributed by atoms with van der Waals surface area (Å²) in [6.45, 7) is 1.83. The number of esters is 1. The largest absolute Gasteiger partial charge is 0.459 e. The van der Waals surface area contributed by atoms with Gasteiger partial charge in [0.1, 0.15) is 11.5 Å². The molecular weight excluding hydrogens is 314 g/mol. The van der Waals surface area contributed by atoms with Gasteiger partial charge in [-0.05, 0) is 31.2 Å². The lowest BCUT2D eigenvalue weighted by Crippen LogP contribution is -2.35. The molecule has 118 valence electrons. The van der Waals surface area contributed by atoms with Gasteiger partial charge in [-0.1, -0.05) is 30.0 Å². The summed E-state index contributed by atoms with van der Waals surface area (Å²) in [5.41, 5.74) is 0.611. The number of benzene rings is 2. The number of hydrogen-bond acceptors (Lipinski definition) is 5. The van der Waals surface area contributed by atoms with E-state index >= 15 is 0 Å². The summed E-state index contributed by atoms with van der Waals surface area (Å²) in [5, 5.41) is 0. The molecule has 2 aromatic carbocycles. The Labute approximate surface area is 138 Å². The Hall–Kier alpha value is -2.47. The molecule has 1 amide bonds. The molecule has 0 bridgehead atoms. The molecule has 0 aliphatic carbocycles. The maximum absolute atomic E-state index is 12.2. The number of carbonyl (C=O) groups is 2. The van der Waals surface area contributed by atoms with Crippen molar-refractivity contribution in [1.29, 1.82) is 0 Å². The predicted octanol–water partition coefficient (Wildman–Crippen LogP) is 3.47. The lowest BCUT2D eigenvalue weighted by molar-refractivity contribution is -0.153. The van der Waals surface area contributed by atoms with Crippen molar-refractivity contribution in [3.8, 4) is 11.5 Å². The van der Waals surface area contributed by atoms with Crippen LogP contribution in [0.3, 0.4) is 0 Å². The molecule has 1 heterocycles. The Morgan fingerprint density at radius 3 is 2.65 bits per heavy atom. The molecule has 0 atom stereocenters. The smallest absolute Gasteiger partial charge is 0.397 e. The monoisotopic (exact) mass is 329 g/mol. The Balaban J connectivity index is 1.94. The van der Waals surface area contributed by atoms with Crippen molar-refractivity contribution in [1.82, 2.24) is 0 Å². The van der Waals surface area contributed by atoms with Crippen LogP contribution in [0.4, 0.5) is 5.69 Å². The number of anilines is 1. The van der Waals surface area contributed by atoms with Gasteiger partial charge in [0.05, 0.1) is 22.1 Å².